The molecule has 2 amide bonds. The number of imide groups is 1. The number of nitrogens with zero attached hydrogens (tertiary/aromatic N) is 3. The molecule has 1 fully saturated rings. The zero-order valence-corrected chi connectivity index (χ0v) is 14.9. The van der Waals surface area contributed by atoms with Gasteiger partial charge in [0.05, 0.1) is 28.3 Å². The third-order valence-electron chi connectivity index (χ3n) is 4.59. The molecule has 10 heteroatoms. The Morgan fingerprint density at radius 2 is 1.69 bits per heavy atom. The van der Waals surface area contributed by atoms with E-state index in [1.807, 2.05) is 0 Å². The molecular weight excluding hydrogens is 380 g/mol. The van der Waals surface area contributed by atoms with Crippen molar-refractivity contribution >= 4 is 34.9 Å². The molecular formula is C19H14N4O6. The zero-order valence-electron chi connectivity index (χ0n) is 14.9. The maximum absolute atomic E-state index is 12.4. The number of amides is 2. The molecule has 10 nitrogen and oxygen atoms in total. The summed E-state index contributed by atoms with van der Waals surface area (Å²) in [5.41, 5.74) is 3.80. The van der Waals surface area contributed by atoms with Crippen molar-refractivity contribution in [2.24, 2.45) is 5.10 Å². The van der Waals surface area contributed by atoms with Gasteiger partial charge in [-0.05, 0) is 24.3 Å². The number of esters is 1. The summed E-state index contributed by atoms with van der Waals surface area (Å²) >= 11 is 0. The lowest BCUT2D eigenvalue weighted by Crippen LogP contribution is -2.36. The van der Waals surface area contributed by atoms with Crippen LogP contribution in [0.4, 0.5) is 11.4 Å². The Balaban J connectivity index is 1.41. The van der Waals surface area contributed by atoms with Crippen LogP contribution in [-0.4, -0.2) is 46.0 Å². The monoisotopic (exact) mass is 394 g/mol. The zero-order chi connectivity index (χ0) is 20.5. The van der Waals surface area contributed by atoms with Crippen molar-refractivity contribution in [3.8, 4) is 0 Å². The molecule has 1 atom stereocenters. The minimum atomic E-state index is -0.692. The quantitative estimate of drug-likeness (QED) is 0.355. The Morgan fingerprint density at radius 1 is 1.07 bits per heavy atom. The Hall–Kier alpha value is -4.08. The van der Waals surface area contributed by atoms with Crippen molar-refractivity contribution in [1.82, 2.24) is 4.90 Å². The van der Waals surface area contributed by atoms with Gasteiger partial charge in [-0.2, -0.15) is 5.10 Å². The van der Waals surface area contributed by atoms with Crippen molar-refractivity contribution in [2.45, 2.75) is 12.5 Å². The van der Waals surface area contributed by atoms with Crippen LogP contribution in [0.5, 0.6) is 0 Å². The van der Waals surface area contributed by atoms with Gasteiger partial charge in [0.2, 0.25) is 0 Å². The van der Waals surface area contributed by atoms with Gasteiger partial charge in [0, 0.05) is 18.6 Å². The molecule has 2 heterocycles. The number of hydrogen-bond donors (Lipinski definition) is 1. The van der Waals surface area contributed by atoms with Gasteiger partial charge in [0.25, 0.3) is 17.5 Å². The molecule has 2 aliphatic rings. The standard InChI is InChI=1S/C19H14N4O6/c24-17-14-3-1-2-4-15(14)18(25)22(17)10-13-9-16(19(26)29-13)21-20-11-5-7-12(8-6-11)23(27)28/h1-8,13,20H,9-10H2/b21-16-/t13-/m0/s1. The highest BCUT2D eigenvalue weighted by atomic mass is 16.6. The van der Waals surface area contributed by atoms with Crippen molar-refractivity contribution in [2.75, 3.05) is 12.0 Å². The van der Waals surface area contributed by atoms with Crippen molar-refractivity contribution < 1.29 is 24.0 Å². The number of hydrazone groups is 1. The van der Waals surface area contributed by atoms with Crippen LogP contribution in [-0.2, 0) is 9.53 Å². The highest BCUT2D eigenvalue weighted by molar-refractivity contribution is 6.38. The minimum absolute atomic E-state index is 0.0609. The maximum atomic E-state index is 12.4. The lowest BCUT2D eigenvalue weighted by Gasteiger charge is -2.17. The topological polar surface area (TPSA) is 131 Å². The first-order chi connectivity index (χ1) is 13.9. The molecule has 0 spiro atoms. The lowest BCUT2D eigenvalue weighted by molar-refractivity contribution is -0.384. The fourth-order valence-corrected chi connectivity index (χ4v) is 3.15. The first-order valence-electron chi connectivity index (χ1n) is 8.67. The van der Waals surface area contributed by atoms with E-state index in [0.717, 1.165) is 4.90 Å². The van der Waals surface area contributed by atoms with Crippen LogP contribution in [0.25, 0.3) is 0 Å². The van der Waals surface area contributed by atoms with E-state index in [1.54, 1.807) is 24.3 Å². The number of benzene rings is 2. The Kier molecular flexibility index (Phi) is 4.51. The van der Waals surface area contributed by atoms with Crippen molar-refractivity contribution in [1.29, 1.82) is 0 Å². The van der Waals surface area contributed by atoms with E-state index in [9.17, 15) is 24.5 Å². The third kappa shape index (κ3) is 3.43. The summed E-state index contributed by atoms with van der Waals surface area (Å²) in [5.74, 6) is -1.49. The molecule has 2 aromatic rings. The van der Waals surface area contributed by atoms with Crippen LogP contribution in [0.2, 0.25) is 0 Å². The number of anilines is 1. The second kappa shape index (κ2) is 7.15. The fourth-order valence-electron chi connectivity index (χ4n) is 3.15. The molecule has 0 unspecified atom stereocenters. The van der Waals surface area contributed by atoms with Gasteiger partial charge in [-0.15, -0.1) is 0 Å². The molecule has 0 bridgehead atoms. The molecule has 0 saturated carbocycles. The molecule has 1 N–H and O–H groups in total. The van der Waals surface area contributed by atoms with Crippen LogP contribution < -0.4 is 5.43 Å². The number of rotatable bonds is 5. The number of carbonyl (C=O) groups excluding carboxylic acids is 3. The second-order valence-corrected chi connectivity index (χ2v) is 6.47. The summed E-state index contributed by atoms with van der Waals surface area (Å²) in [6.45, 7) is -0.0609. The fraction of sp³-hybridized carbons (Fsp3) is 0.158. The summed E-state index contributed by atoms with van der Waals surface area (Å²) in [6, 6.07) is 12.0. The molecule has 146 valence electrons. The number of carbonyl (C=O) groups is 3. The number of hydrogen-bond acceptors (Lipinski definition) is 8. The smallest absolute Gasteiger partial charge is 0.354 e. The number of ether oxygens (including phenoxy) is 1. The number of fused-ring (bicyclic) bond motifs is 1. The maximum Gasteiger partial charge on any atom is 0.354 e. The third-order valence-corrected chi connectivity index (χ3v) is 4.59. The normalized spacial score (nSPS) is 19.4. The summed E-state index contributed by atoms with van der Waals surface area (Å²) in [7, 11) is 0. The highest BCUT2D eigenvalue weighted by Gasteiger charge is 2.40. The lowest BCUT2D eigenvalue weighted by atomic mass is 10.1. The van der Waals surface area contributed by atoms with Gasteiger partial charge in [-0.1, -0.05) is 12.1 Å². The molecule has 1 saturated heterocycles. The Bertz CT molecular complexity index is 1030. The number of nitrogens with one attached hydrogen (secondary N) is 1. The number of non-ortho nitro benzene ring substituents is 1. The molecule has 2 aliphatic heterocycles. The predicted molar refractivity (Wildman–Crippen MR) is 100 cm³/mol. The van der Waals surface area contributed by atoms with Crippen molar-refractivity contribution in [3.63, 3.8) is 0 Å². The van der Waals surface area contributed by atoms with Gasteiger partial charge in [0.1, 0.15) is 11.8 Å². The van der Waals surface area contributed by atoms with E-state index in [4.69, 9.17) is 4.74 Å². The first-order valence-corrected chi connectivity index (χ1v) is 8.67. The largest absolute Gasteiger partial charge is 0.456 e. The number of cyclic esters (lactones) is 1. The predicted octanol–water partition coefficient (Wildman–Crippen LogP) is 1.97. The SMILES string of the molecule is O=C1O[C@H](CN2C(=O)c3ccccc3C2=O)C/C1=N/Nc1ccc([N+](=O)[O-])cc1. The average molecular weight is 394 g/mol. The van der Waals surface area contributed by atoms with Crippen LogP contribution in [0.15, 0.2) is 53.6 Å². The van der Waals surface area contributed by atoms with Gasteiger partial charge in [0.15, 0.2) is 0 Å². The Labute approximate surface area is 163 Å². The van der Waals surface area contributed by atoms with Crippen molar-refractivity contribution in [3.05, 3.63) is 69.8 Å². The molecule has 0 aliphatic carbocycles. The molecule has 4 rings (SSSR count). The summed E-state index contributed by atoms with van der Waals surface area (Å²) in [5, 5.41) is 14.6. The van der Waals surface area contributed by atoms with E-state index in [-0.39, 0.29) is 24.4 Å². The van der Waals surface area contributed by atoms with E-state index >= 15 is 0 Å². The number of nitro benzene ring substituents is 1. The van der Waals surface area contributed by atoms with Crippen LogP contribution in [0.1, 0.15) is 27.1 Å². The van der Waals surface area contributed by atoms with E-state index < -0.39 is 28.8 Å². The van der Waals surface area contributed by atoms with Crippen LogP contribution in [0.3, 0.4) is 0 Å². The number of nitro groups is 1. The molecule has 29 heavy (non-hydrogen) atoms. The van der Waals surface area contributed by atoms with E-state index in [2.05, 4.69) is 10.5 Å². The van der Waals surface area contributed by atoms with Crippen LogP contribution in [0, 0.1) is 10.1 Å². The Morgan fingerprint density at radius 3 is 2.28 bits per heavy atom. The van der Waals surface area contributed by atoms with E-state index in [0.29, 0.717) is 16.8 Å². The van der Waals surface area contributed by atoms with Gasteiger partial charge in [-0.3, -0.25) is 30.0 Å². The first kappa shape index (κ1) is 18.3. The van der Waals surface area contributed by atoms with Crippen LogP contribution >= 0.6 is 0 Å². The highest BCUT2D eigenvalue weighted by Crippen LogP contribution is 2.25. The molecule has 2 aromatic carbocycles. The van der Waals surface area contributed by atoms with Gasteiger partial charge < -0.3 is 4.74 Å². The second-order valence-electron chi connectivity index (χ2n) is 6.47. The molecule has 0 aromatic heterocycles. The summed E-state index contributed by atoms with van der Waals surface area (Å²) in [4.78, 5) is 48.1. The van der Waals surface area contributed by atoms with E-state index in [1.165, 1.54) is 24.3 Å². The minimum Gasteiger partial charge on any atom is -0.456 e. The van der Waals surface area contributed by atoms with Gasteiger partial charge >= 0.3 is 5.97 Å². The average Bonchev–Trinajstić information content (AvgIpc) is 3.19. The summed E-state index contributed by atoms with van der Waals surface area (Å²) in [6.07, 6.45) is -0.575. The summed E-state index contributed by atoms with van der Waals surface area (Å²) < 4.78 is 5.23. The molecule has 0 radical (unpaired) electrons. The van der Waals surface area contributed by atoms with Gasteiger partial charge in [-0.25, -0.2) is 4.79 Å².